The topological polar surface area (TPSA) is 20.3 Å². The monoisotopic (exact) mass is 441 g/mol. The molecule has 4 rings (SSSR count). The van der Waals surface area contributed by atoms with Gasteiger partial charge in [-0.2, -0.15) is 0 Å². The van der Waals surface area contributed by atoms with Crippen molar-refractivity contribution in [2.45, 2.75) is 112 Å². The summed E-state index contributed by atoms with van der Waals surface area (Å²) < 4.78 is 0. The van der Waals surface area contributed by atoms with Gasteiger partial charge in [-0.15, -0.1) is 0 Å². The van der Waals surface area contributed by atoms with Crippen LogP contribution in [0.25, 0.3) is 0 Å². The summed E-state index contributed by atoms with van der Waals surface area (Å²) in [6.45, 7) is 14.9. The van der Waals surface area contributed by atoms with Gasteiger partial charge in [0.2, 0.25) is 5.91 Å². The normalized spacial score (nSPS) is 42.4. The standard InChI is InChI=1S/C30H51NO/c1-8-10-22-19-26-30(6,18-16-27(32)31(26)7)25-15-17-29(5)23(13-14-24(29)28(22)25)21(4)12-9-11-20(2)3/h19-25,28H,8-18H2,1-7H3/t21-,22+,23-,24+,25+,28+,29-,30-/m1/s1. The summed E-state index contributed by atoms with van der Waals surface area (Å²) in [7, 11) is 2.05. The van der Waals surface area contributed by atoms with Gasteiger partial charge < -0.3 is 4.90 Å². The Bertz CT molecular complexity index is 724. The van der Waals surface area contributed by atoms with Crippen molar-refractivity contribution in [3.05, 3.63) is 11.8 Å². The Labute approximate surface area is 199 Å². The van der Waals surface area contributed by atoms with Crippen LogP contribution in [-0.4, -0.2) is 17.9 Å². The van der Waals surface area contributed by atoms with Gasteiger partial charge in [-0.05, 0) is 85.4 Å². The van der Waals surface area contributed by atoms with E-state index in [1.54, 1.807) is 0 Å². The Kier molecular flexibility index (Phi) is 6.92. The summed E-state index contributed by atoms with van der Waals surface area (Å²) in [6.07, 6.45) is 16.9. The van der Waals surface area contributed by atoms with Crippen LogP contribution in [0.5, 0.6) is 0 Å². The summed E-state index contributed by atoms with van der Waals surface area (Å²) in [5, 5.41) is 0. The first kappa shape index (κ1) is 24.3. The molecule has 1 amide bonds. The highest BCUT2D eigenvalue weighted by Crippen LogP contribution is 2.68. The van der Waals surface area contributed by atoms with E-state index in [-0.39, 0.29) is 5.41 Å². The number of amides is 1. The summed E-state index contributed by atoms with van der Waals surface area (Å²) in [5.41, 5.74) is 2.12. The molecular formula is C30H51NO. The van der Waals surface area contributed by atoms with Gasteiger partial charge in [0.05, 0.1) is 0 Å². The summed E-state index contributed by atoms with van der Waals surface area (Å²) >= 11 is 0. The molecule has 2 saturated carbocycles. The van der Waals surface area contributed by atoms with Gasteiger partial charge in [0, 0.05) is 24.6 Å². The molecule has 0 spiro atoms. The first-order valence-electron chi connectivity index (χ1n) is 14.1. The number of rotatable bonds is 7. The van der Waals surface area contributed by atoms with Gasteiger partial charge in [0.25, 0.3) is 0 Å². The molecule has 3 aliphatic carbocycles. The zero-order valence-electron chi connectivity index (χ0n) is 22.3. The number of fused-ring (bicyclic) bond motifs is 5. The highest BCUT2D eigenvalue weighted by atomic mass is 16.2. The number of likely N-dealkylation sites (tertiary alicyclic amines) is 1. The lowest BCUT2D eigenvalue weighted by molar-refractivity contribution is -0.137. The third-order valence-corrected chi connectivity index (χ3v) is 11.0. The van der Waals surface area contributed by atoms with Crippen LogP contribution in [0, 0.1) is 52.3 Å². The lowest BCUT2D eigenvalue weighted by Crippen LogP contribution is -2.56. The number of carbonyl (C=O) groups is 1. The summed E-state index contributed by atoms with van der Waals surface area (Å²) in [4.78, 5) is 14.6. The molecule has 32 heavy (non-hydrogen) atoms. The molecule has 3 fully saturated rings. The van der Waals surface area contributed by atoms with Gasteiger partial charge in [-0.3, -0.25) is 4.79 Å². The molecule has 0 aromatic carbocycles. The first-order valence-corrected chi connectivity index (χ1v) is 14.1. The zero-order valence-corrected chi connectivity index (χ0v) is 22.3. The molecule has 0 aromatic heterocycles. The molecule has 182 valence electrons. The maximum absolute atomic E-state index is 12.6. The van der Waals surface area contributed by atoms with Gasteiger partial charge in [0.15, 0.2) is 0 Å². The summed E-state index contributed by atoms with van der Waals surface area (Å²) in [5.74, 6) is 6.10. The molecule has 0 radical (unpaired) electrons. The maximum atomic E-state index is 12.6. The van der Waals surface area contributed by atoms with E-state index in [1.807, 2.05) is 11.9 Å². The quantitative estimate of drug-likeness (QED) is 0.391. The smallest absolute Gasteiger partial charge is 0.226 e. The number of carbonyl (C=O) groups excluding carboxylic acids is 1. The molecule has 1 heterocycles. The number of allylic oxidation sites excluding steroid dienone is 2. The van der Waals surface area contributed by atoms with Crippen LogP contribution < -0.4 is 0 Å². The number of piperidine rings is 1. The molecule has 1 saturated heterocycles. The van der Waals surface area contributed by atoms with Crippen molar-refractivity contribution in [1.82, 2.24) is 4.90 Å². The Morgan fingerprint density at radius 3 is 2.50 bits per heavy atom. The van der Waals surface area contributed by atoms with Crippen molar-refractivity contribution in [3.8, 4) is 0 Å². The number of nitrogens with zero attached hydrogens (tertiary/aromatic N) is 1. The number of hydrogen-bond donors (Lipinski definition) is 0. The van der Waals surface area contributed by atoms with Crippen LogP contribution in [-0.2, 0) is 4.79 Å². The molecule has 0 N–H and O–H groups in total. The van der Waals surface area contributed by atoms with E-state index >= 15 is 0 Å². The van der Waals surface area contributed by atoms with E-state index < -0.39 is 0 Å². The van der Waals surface area contributed by atoms with E-state index in [1.165, 1.54) is 63.5 Å². The second-order valence-electron chi connectivity index (χ2n) is 13.2. The molecule has 2 nitrogen and oxygen atoms in total. The third kappa shape index (κ3) is 3.90. The predicted molar refractivity (Wildman–Crippen MR) is 135 cm³/mol. The van der Waals surface area contributed by atoms with Crippen molar-refractivity contribution in [2.75, 3.05) is 7.05 Å². The van der Waals surface area contributed by atoms with E-state index in [0.717, 1.165) is 48.3 Å². The Morgan fingerprint density at radius 2 is 1.81 bits per heavy atom. The van der Waals surface area contributed by atoms with Crippen LogP contribution in [0.1, 0.15) is 112 Å². The Morgan fingerprint density at radius 1 is 1.06 bits per heavy atom. The van der Waals surface area contributed by atoms with Crippen LogP contribution in [0.2, 0.25) is 0 Å². The summed E-state index contributed by atoms with van der Waals surface area (Å²) in [6, 6.07) is 0. The van der Waals surface area contributed by atoms with E-state index in [2.05, 4.69) is 47.6 Å². The SMILES string of the molecule is CCC[C@H]1C=C2N(C)C(=O)CC[C@]2(C)[C@H]2CC[C@]3(C)[C@@H]([C@H](C)CCCC(C)C)CC[C@H]3[C@H]12. The van der Waals surface area contributed by atoms with Crippen LogP contribution in [0.4, 0.5) is 0 Å². The highest BCUT2D eigenvalue weighted by Gasteiger charge is 2.61. The minimum absolute atomic E-state index is 0.208. The van der Waals surface area contributed by atoms with E-state index in [9.17, 15) is 4.79 Å². The average molecular weight is 442 g/mol. The predicted octanol–water partition coefficient (Wildman–Crippen LogP) is 8.08. The minimum Gasteiger partial charge on any atom is -0.319 e. The van der Waals surface area contributed by atoms with E-state index in [0.29, 0.717) is 17.2 Å². The van der Waals surface area contributed by atoms with Crippen LogP contribution in [0.3, 0.4) is 0 Å². The second-order valence-corrected chi connectivity index (χ2v) is 13.2. The number of hydrogen-bond acceptors (Lipinski definition) is 1. The Balaban J connectivity index is 1.61. The molecule has 0 aromatic rings. The van der Waals surface area contributed by atoms with Crippen LogP contribution >= 0.6 is 0 Å². The fourth-order valence-corrected chi connectivity index (χ4v) is 9.34. The van der Waals surface area contributed by atoms with Crippen LogP contribution in [0.15, 0.2) is 11.8 Å². The highest BCUT2D eigenvalue weighted by molar-refractivity contribution is 5.79. The zero-order chi connectivity index (χ0) is 23.3. The molecule has 4 aliphatic rings. The molecule has 0 unspecified atom stereocenters. The van der Waals surface area contributed by atoms with Crippen molar-refractivity contribution in [1.29, 1.82) is 0 Å². The van der Waals surface area contributed by atoms with E-state index in [4.69, 9.17) is 0 Å². The molecule has 0 bridgehead atoms. The van der Waals surface area contributed by atoms with Crippen molar-refractivity contribution in [2.24, 2.45) is 52.3 Å². The molecule has 1 aliphatic heterocycles. The lowest BCUT2D eigenvalue weighted by atomic mass is 9.46. The fourth-order valence-electron chi connectivity index (χ4n) is 9.34. The molecule has 8 atom stereocenters. The van der Waals surface area contributed by atoms with Gasteiger partial charge in [-0.25, -0.2) is 0 Å². The van der Waals surface area contributed by atoms with Gasteiger partial charge >= 0.3 is 0 Å². The first-order chi connectivity index (χ1) is 15.1. The van der Waals surface area contributed by atoms with Gasteiger partial charge in [-0.1, -0.05) is 73.3 Å². The third-order valence-electron chi connectivity index (χ3n) is 11.0. The Hall–Kier alpha value is -0.790. The molecular weight excluding hydrogens is 390 g/mol. The van der Waals surface area contributed by atoms with Crippen molar-refractivity contribution >= 4 is 5.91 Å². The second kappa shape index (κ2) is 9.10. The largest absolute Gasteiger partial charge is 0.319 e. The van der Waals surface area contributed by atoms with Crippen molar-refractivity contribution < 1.29 is 4.79 Å². The average Bonchev–Trinajstić information content (AvgIpc) is 3.09. The maximum Gasteiger partial charge on any atom is 0.226 e. The minimum atomic E-state index is 0.208. The molecule has 2 heteroatoms. The van der Waals surface area contributed by atoms with Crippen molar-refractivity contribution in [3.63, 3.8) is 0 Å². The lowest BCUT2D eigenvalue weighted by Gasteiger charge is -2.61. The fraction of sp³-hybridized carbons (Fsp3) is 0.900. The van der Waals surface area contributed by atoms with Gasteiger partial charge in [0.1, 0.15) is 0 Å².